The number of hydrogen-bond acceptors (Lipinski definition) is 3. The van der Waals surface area contributed by atoms with Crippen molar-refractivity contribution in [2.45, 2.75) is 38.6 Å². The van der Waals surface area contributed by atoms with Gasteiger partial charge in [0.25, 0.3) is 5.91 Å². The van der Waals surface area contributed by atoms with Crippen molar-refractivity contribution in [2.75, 3.05) is 26.8 Å². The predicted octanol–water partition coefficient (Wildman–Crippen LogP) is 2.63. The number of nitrogens with one attached hydrogen (secondary N) is 1. The SMILES string of the molecule is COCC(=O)NCC[C@@H]1CCCCN1C(=O)c1cc2cc(C)ccc2n1C. The van der Waals surface area contributed by atoms with Crippen LogP contribution in [0.25, 0.3) is 10.9 Å². The molecule has 6 nitrogen and oxygen atoms in total. The van der Waals surface area contributed by atoms with Gasteiger partial charge in [-0.3, -0.25) is 9.59 Å². The number of piperidine rings is 1. The Balaban J connectivity index is 1.73. The molecule has 0 radical (unpaired) electrons. The Bertz CT molecular complexity index is 827. The lowest BCUT2D eigenvalue weighted by molar-refractivity contribution is -0.124. The molecule has 1 aliphatic rings. The minimum Gasteiger partial charge on any atom is -0.375 e. The highest BCUT2D eigenvalue weighted by molar-refractivity contribution is 5.99. The van der Waals surface area contributed by atoms with Crippen molar-refractivity contribution >= 4 is 22.7 Å². The van der Waals surface area contributed by atoms with Crippen LogP contribution in [-0.4, -0.2) is 54.1 Å². The molecule has 27 heavy (non-hydrogen) atoms. The monoisotopic (exact) mass is 371 g/mol. The van der Waals surface area contributed by atoms with Crippen LogP contribution in [0.15, 0.2) is 24.3 Å². The first-order valence-electron chi connectivity index (χ1n) is 9.64. The number of likely N-dealkylation sites (tertiary alicyclic amines) is 1. The lowest BCUT2D eigenvalue weighted by Gasteiger charge is -2.36. The van der Waals surface area contributed by atoms with Crippen LogP contribution >= 0.6 is 0 Å². The Morgan fingerprint density at radius 1 is 1.26 bits per heavy atom. The van der Waals surface area contributed by atoms with E-state index in [0.717, 1.165) is 48.8 Å². The zero-order chi connectivity index (χ0) is 19.4. The summed E-state index contributed by atoms with van der Waals surface area (Å²) in [5, 5.41) is 3.96. The predicted molar refractivity (Wildman–Crippen MR) is 106 cm³/mol. The van der Waals surface area contributed by atoms with Gasteiger partial charge in [-0.1, -0.05) is 11.6 Å². The Labute approximate surface area is 160 Å². The number of aryl methyl sites for hydroxylation is 2. The van der Waals surface area contributed by atoms with E-state index in [4.69, 9.17) is 4.74 Å². The van der Waals surface area contributed by atoms with Gasteiger partial charge in [0.15, 0.2) is 0 Å². The van der Waals surface area contributed by atoms with Crippen LogP contribution in [0.5, 0.6) is 0 Å². The molecule has 0 bridgehead atoms. The highest BCUT2D eigenvalue weighted by Gasteiger charge is 2.29. The molecule has 1 aliphatic heterocycles. The number of carbonyl (C=O) groups is 2. The topological polar surface area (TPSA) is 63.6 Å². The molecule has 1 N–H and O–H groups in total. The van der Waals surface area contributed by atoms with Gasteiger partial charge in [0.1, 0.15) is 12.3 Å². The largest absolute Gasteiger partial charge is 0.375 e. The highest BCUT2D eigenvalue weighted by atomic mass is 16.5. The van der Waals surface area contributed by atoms with Crippen LogP contribution < -0.4 is 5.32 Å². The average molecular weight is 371 g/mol. The zero-order valence-corrected chi connectivity index (χ0v) is 16.5. The first kappa shape index (κ1) is 19.4. The van der Waals surface area contributed by atoms with Crippen molar-refractivity contribution in [1.29, 1.82) is 0 Å². The summed E-state index contributed by atoms with van der Waals surface area (Å²) in [5.41, 5.74) is 2.99. The highest BCUT2D eigenvalue weighted by Crippen LogP contribution is 2.25. The van der Waals surface area contributed by atoms with Crippen molar-refractivity contribution in [3.8, 4) is 0 Å². The smallest absolute Gasteiger partial charge is 0.270 e. The van der Waals surface area contributed by atoms with Crippen LogP contribution in [0.4, 0.5) is 0 Å². The molecular weight excluding hydrogens is 342 g/mol. The standard InChI is InChI=1S/C21H29N3O3/c1-15-7-8-18-16(12-15)13-19(23(18)2)21(26)24-11-5-4-6-17(24)9-10-22-20(25)14-27-3/h7-8,12-13,17H,4-6,9-11,14H2,1-3H3,(H,22,25)/t17-/m0/s1. The maximum Gasteiger partial charge on any atom is 0.270 e. The number of benzene rings is 1. The van der Waals surface area contributed by atoms with E-state index in [9.17, 15) is 9.59 Å². The summed E-state index contributed by atoms with van der Waals surface area (Å²) in [6.07, 6.45) is 3.90. The number of ether oxygens (including phenoxy) is 1. The minimum absolute atomic E-state index is 0.0721. The molecule has 1 saturated heterocycles. The van der Waals surface area contributed by atoms with Crippen molar-refractivity contribution in [3.05, 3.63) is 35.5 Å². The van der Waals surface area contributed by atoms with Gasteiger partial charge in [-0.05, 0) is 50.8 Å². The summed E-state index contributed by atoms with van der Waals surface area (Å²) in [5.74, 6) is -0.0329. The fourth-order valence-corrected chi connectivity index (χ4v) is 3.95. The molecule has 1 atom stereocenters. The van der Waals surface area contributed by atoms with Crippen LogP contribution in [0.1, 0.15) is 41.7 Å². The Kier molecular flexibility index (Phi) is 6.16. The van der Waals surface area contributed by atoms with Gasteiger partial charge in [-0.2, -0.15) is 0 Å². The third-order valence-corrected chi connectivity index (χ3v) is 5.38. The fraction of sp³-hybridized carbons (Fsp3) is 0.524. The van der Waals surface area contributed by atoms with Crippen LogP contribution in [-0.2, 0) is 16.6 Å². The Hall–Kier alpha value is -2.34. The van der Waals surface area contributed by atoms with E-state index >= 15 is 0 Å². The number of nitrogens with zero attached hydrogens (tertiary/aromatic N) is 2. The second-order valence-electron chi connectivity index (χ2n) is 7.37. The van der Waals surface area contributed by atoms with Crippen LogP contribution in [0, 0.1) is 6.92 Å². The van der Waals surface area contributed by atoms with E-state index in [1.807, 2.05) is 22.6 Å². The molecule has 1 aromatic carbocycles. The molecule has 3 rings (SSSR count). The van der Waals surface area contributed by atoms with Crippen molar-refractivity contribution in [1.82, 2.24) is 14.8 Å². The summed E-state index contributed by atoms with van der Waals surface area (Å²) in [6, 6.07) is 8.42. The summed E-state index contributed by atoms with van der Waals surface area (Å²) in [6.45, 7) is 3.47. The first-order chi connectivity index (χ1) is 13.0. The van der Waals surface area contributed by atoms with Gasteiger partial charge in [-0.25, -0.2) is 0 Å². The molecule has 2 aromatic rings. The first-order valence-corrected chi connectivity index (χ1v) is 9.64. The molecule has 6 heteroatoms. The molecule has 0 spiro atoms. The van der Waals surface area contributed by atoms with Gasteiger partial charge in [-0.15, -0.1) is 0 Å². The van der Waals surface area contributed by atoms with E-state index in [1.54, 1.807) is 0 Å². The molecular formula is C21H29N3O3. The van der Waals surface area contributed by atoms with E-state index < -0.39 is 0 Å². The third kappa shape index (κ3) is 4.33. The number of amides is 2. The third-order valence-electron chi connectivity index (χ3n) is 5.38. The number of rotatable bonds is 6. The fourth-order valence-electron chi connectivity index (χ4n) is 3.95. The van der Waals surface area contributed by atoms with Gasteiger partial charge in [0, 0.05) is 44.2 Å². The van der Waals surface area contributed by atoms with E-state index in [2.05, 4.69) is 30.4 Å². The summed E-state index contributed by atoms with van der Waals surface area (Å²) in [7, 11) is 3.46. The molecule has 0 aliphatic carbocycles. The molecule has 1 fully saturated rings. The van der Waals surface area contributed by atoms with Crippen molar-refractivity contribution in [2.24, 2.45) is 7.05 Å². The lowest BCUT2D eigenvalue weighted by atomic mass is 9.98. The second-order valence-corrected chi connectivity index (χ2v) is 7.37. The van der Waals surface area contributed by atoms with Gasteiger partial charge in [0.05, 0.1) is 0 Å². The number of carbonyl (C=O) groups excluding carboxylic acids is 2. The molecule has 2 heterocycles. The van der Waals surface area contributed by atoms with E-state index in [-0.39, 0.29) is 24.5 Å². The lowest BCUT2D eigenvalue weighted by Crippen LogP contribution is -2.45. The average Bonchev–Trinajstić information content (AvgIpc) is 2.97. The van der Waals surface area contributed by atoms with Crippen LogP contribution in [0.2, 0.25) is 0 Å². The van der Waals surface area contributed by atoms with Gasteiger partial charge in [0.2, 0.25) is 5.91 Å². The molecule has 0 unspecified atom stereocenters. The minimum atomic E-state index is -0.116. The number of aromatic nitrogens is 1. The Morgan fingerprint density at radius 3 is 2.85 bits per heavy atom. The zero-order valence-electron chi connectivity index (χ0n) is 16.5. The summed E-state index contributed by atoms with van der Waals surface area (Å²) < 4.78 is 6.82. The molecule has 0 saturated carbocycles. The molecule has 1 aromatic heterocycles. The summed E-state index contributed by atoms with van der Waals surface area (Å²) in [4.78, 5) is 26.8. The Morgan fingerprint density at radius 2 is 2.07 bits per heavy atom. The second kappa shape index (κ2) is 8.57. The molecule has 2 amide bonds. The van der Waals surface area contributed by atoms with E-state index in [1.165, 1.54) is 12.7 Å². The maximum absolute atomic E-state index is 13.3. The van der Waals surface area contributed by atoms with Crippen molar-refractivity contribution < 1.29 is 14.3 Å². The maximum atomic E-state index is 13.3. The normalized spacial score (nSPS) is 17.3. The van der Waals surface area contributed by atoms with Gasteiger partial charge >= 0.3 is 0 Å². The number of methoxy groups -OCH3 is 1. The van der Waals surface area contributed by atoms with Gasteiger partial charge < -0.3 is 19.5 Å². The molecule has 146 valence electrons. The van der Waals surface area contributed by atoms with Crippen molar-refractivity contribution in [3.63, 3.8) is 0 Å². The van der Waals surface area contributed by atoms with E-state index in [0.29, 0.717) is 6.54 Å². The number of hydrogen-bond donors (Lipinski definition) is 1. The number of fused-ring (bicyclic) bond motifs is 1. The van der Waals surface area contributed by atoms with Crippen LogP contribution in [0.3, 0.4) is 0 Å². The quantitative estimate of drug-likeness (QED) is 0.849. The summed E-state index contributed by atoms with van der Waals surface area (Å²) >= 11 is 0.